The van der Waals surface area contributed by atoms with Crippen LogP contribution in [-0.4, -0.2) is 73.1 Å². The number of nitro groups is 1. The third kappa shape index (κ3) is 3.51. The van der Waals surface area contributed by atoms with E-state index in [0.717, 1.165) is 12.1 Å². The molecule has 12 heteroatoms. The second-order valence-corrected chi connectivity index (χ2v) is 8.66. The number of carbonyl (C=O) groups excluding carboxylic acids is 2. The predicted octanol–water partition coefficient (Wildman–Crippen LogP) is 1.41. The minimum Gasteiger partial charge on any atom is -0.462 e. The lowest BCUT2D eigenvalue weighted by atomic mass is 10.1. The number of nitrogens with zero attached hydrogens (tertiary/aromatic N) is 6. The Morgan fingerprint density at radius 3 is 2.67 bits per heavy atom. The van der Waals surface area contributed by atoms with E-state index in [-0.39, 0.29) is 48.0 Å². The van der Waals surface area contributed by atoms with Crippen molar-refractivity contribution in [3.05, 3.63) is 32.4 Å². The van der Waals surface area contributed by atoms with Gasteiger partial charge >= 0.3 is 11.6 Å². The van der Waals surface area contributed by atoms with Crippen LogP contribution in [0.25, 0.3) is 0 Å². The molecule has 11 nitrogen and oxygen atoms in total. The van der Waals surface area contributed by atoms with Crippen LogP contribution in [0.2, 0.25) is 0 Å². The van der Waals surface area contributed by atoms with E-state index >= 15 is 0 Å². The van der Waals surface area contributed by atoms with Crippen molar-refractivity contribution in [1.82, 2.24) is 24.6 Å². The second-order valence-electron chi connectivity index (χ2n) is 7.81. The molecule has 4 heterocycles. The van der Waals surface area contributed by atoms with E-state index in [2.05, 4.69) is 10.1 Å². The van der Waals surface area contributed by atoms with Crippen LogP contribution in [0.15, 0.2) is 11.7 Å². The molecule has 0 aromatic carbocycles. The number of rotatable bonds is 6. The fourth-order valence-electron chi connectivity index (χ4n) is 4.07. The van der Waals surface area contributed by atoms with Gasteiger partial charge in [-0.05, 0) is 12.3 Å². The molecule has 0 N–H and O–H groups in total. The predicted molar refractivity (Wildman–Crippen MR) is 107 cm³/mol. The maximum atomic E-state index is 13.0. The summed E-state index contributed by atoms with van der Waals surface area (Å²) in [4.78, 5) is 44.6. The molecule has 2 aliphatic heterocycles. The van der Waals surface area contributed by atoms with Crippen LogP contribution in [0.4, 0.5) is 5.69 Å². The summed E-state index contributed by atoms with van der Waals surface area (Å²) in [5, 5.41) is 14.9. The molecule has 2 atom stereocenters. The van der Waals surface area contributed by atoms with Gasteiger partial charge in [0, 0.05) is 20.1 Å². The van der Waals surface area contributed by atoms with E-state index in [0.29, 0.717) is 18.0 Å². The third-order valence-electron chi connectivity index (χ3n) is 5.46. The zero-order valence-electron chi connectivity index (χ0n) is 16.8. The molecule has 2 amide bonds. The fourth-order valence-corrected chi connectivity index (χ4v) is 4.97. The van der Waals surface area contributed by atoms with E-state index in [1.165, 1.54) is 22.2 Å². The average molecular weight is 434 g/mol. The van der Waals surface area contributed by atoms with Crippen LogP contribution in [0.5, 0.6) is 5.88 Å². The van der Waals surface area contributed by atoms with Gasteiger partial charge in [0.25, 0.3) is 11.8 Å². The topological polar surface area (TPSA) is 124 Å². The highest BCUT2D eigenvalue weighted by Crippen LogP contribution is 2.34. The van der Waals surface area contributed by atoms with Crippen LogP contribution in [0, 0.1) is 10.1 Å². The molecular formula is C18H22N6O5S. The minimum atomic E-state index is -0.598. The normalized spacial score (nSPS) is 20.3. The van der Waals surface area contributed by atoms with Crippen molar-refractivity contribution in [2.24, 2.45) is 7.05 Å². The Morgan fingerprint density at radius 1 is 1.33 bits per heavy atom. The number of thiazole rings is 1. The molecule has 0 saturated carbocycles. The molecule has 2 saturated heterocycles. The van der Waals surface area contributed by atoms with Crippen molar-refractivity contribution in [3.63, 3.8) is 0 Å². The first-order valence-electron chi connectivity index (χ1n) is 9.61. The number of fused-ring (bicyclic) bond motifs is 2. The largest absolute Gasteiger partial charge is 0.462 e. The summed E-state index contributed by atoms with van der Waals surface area (Å²) < 4.78 is 6.59. The lowest BCUT2D eigenvalue weighted by Gasteiger charge is -2.34. The summed E-state index contributed by atoms with van der Waals surface area (Å²) in [7, 11) is 1.54. The molecule has 2 bridgehead atoms. The highest BCUT2D eigenvalue weighted by atomic mass is 32.1. The van der Waals surface area contributed by atoms with Crippen LogP contribution in [-0.2, 0) is 11.8 Å². The summed E-state index contributed by atoms with van der Waals surface area (Å²) in [5.41, 5.74) is 2.22. The number of aryl methyl sites for hydroxylation is 1. The van der Waals surface area contributed by atoms with E-state index in [1.54, 1.807) is 17.5 Å². The molecule has 30 heavy (non-hydrogen) atoms. The molecule has 2 fully saturated rings. The number of piperazine rings is 1. The maximum absolute atomic E-state index is 13.0. The Balaban J connectivity index is 1.37. The SMILES string of the molecule is CC(C)c1ncsc1C(=O)N1C[C@@H]2C[C@H]1CN2C(=O)COc1nn(C)cc1[N+](=O)[O-]. The van der Waals surface area contributed by atoms with Crippen molar-refractivity contribution < 1.29 is 19.2 Å². The highest BCUT2D eigenvalue weighted by Gasteiger charge is 2.47. The van der Waals surface area contributed by atoms with Crippen LogP contribution in [0.3, 0.4) is 0 Å². The summed E-state index contributed by atoms with van der Waals surface area (Å²) in [6.45, 7) is 4.58. The standard InChI is InChI=1S/C18H22N6O5S/c1-10(2)15-16(30-9-19-15)18(26)23-6-11-4-12(23)5-22(11)14(25)8-29-17-13(24(27)28)7-21(3)20-17/h7,9-12H,4-6,8H2,1-3H3/t11-,12-/m0/s1. The Hall–Kier alpha value is -3.02. The van der Waals surface area contributed by atoms with Crippen molar-refractivity contribution in [3.8, 4) is 5.88 Å². The first kappa shape index (κ1) is 20.3. The fraction of sp³-hybridized carbons (Fsp3) is 0.556. The van der Waals surface area contributed by atoms with Crippen LogP contribution >= 0.6 is 11.3 Å². The molecule has 4 rings (SSSR count). The molecular weight excluding hydrogens is 412 g/mol. The van der Waals surface area contributed by atoms with Gasteiger partial charge in [-0.25, -0.2) is 4.98 Å². The van der Waals surface area contributed by atoms with Gasteiger partial charge < -0.3 is 14.5 Å². The Kier molecular flexibility index (Phi) is 5.18. The maximum Gasteiger partial charge on any atom is 0.350 e. The quantitative estimate of drug-likeness (QED) is 0.497. The summed E-state index contributed by atoms with van der Waals surface area (Å²) >= 11 is 1.35. The van der Waals surface area contributed by atoms with E-state index < -0.39 is 4.92 Å². The molecule has 0 spiro atoms. The number of ether oxygens (including phenoxy) is 1. The van der Waals surface area contributed by atoms with Gasteiger partial charge in [0.05, 0.1) is 28.2 Å². The first-order valence-corrected chi connectivity index (χ1v) is 10.5. The number of hydrogen-bond acceptors (Lipinski definition) is 8. The molecule has 2 aliphatic rings. The molecule has 0 unspecified atom stereocenters. The van der Waals surface area contributed by atoms with Crippen molar-refractivity contribution in [2.45, 2.75) is 38.3 Å². The third-order valence-corrected chi connectivity index (χ3v) is 6.29. The van der Waals surface area contributed by atoms with Gasteiger partial charge in [0.1, 0.15) is 11.1 Å². The summed E-state index contributed by atoms with van der Waals surface area (Å²) in [5.74, 6) is -0.305. The van der Waals surface area contributed by atoms with Crippen molar-refractivity contribution >= 4 is 28.8 Å². The van der Waals surface area contributed by atoms with E-state index in [1.807, 2.05) is 18.7 Å². The summed E-state index contributed by atoms with van der Waals surface area (Å²) in [6, 6.07) is -0.123. The monoisotopic (exact) mass is 434 g/mol. The van der Waals surface area contributed by atoms with Crippen LogP contribution in [0.1, 0.15) is 41.6 Å². The average Bonchev–Trinajstić information content (AvgIpc) is 3.46. The molecule has 2 aromatic rings. The lowest BCUT2D eigenvalue weighted by molar-refractivity contribution is -0.385. The van der Waals surface area contributed by atoms with Crippen molar-refractivity contribution in [2.75, 3.05) is 19.7 Å². The second kappa shape index (κ2) is 7.67. The van der Waals surface area contributed by atoms with E-state index in [9.17, 15) is 19.7 Å². The molecule has 0 aliphatic carbocycles. The van der Waals surface area contributed by atoms with Crippen molar-refractivity contribution in [1.29, 1.82) is 0 Å². The Morgan fingerprint density at radius 2 is 2.03 bits per heavy atom. The first-order chi connectivity index (χ1) is 14.3. The minimum absolute atomic E-state index is 0.0267. The van der Waals surface area contributed by atoms with Crippen LogP contribution < -0.4 is 4.74 Å². The molecule has 0 radical (unpaired) electrons. The van der Waals surface area contributed by atoms with Gasteiger partial charge in [0.15, 0.2) is 6.61 Å². The molecule has 2 aromatic heterocycles. The van der Waals surface area contributed by atoms with Gasteiger partial charge in [0.2, 0.25) is 0 Å². The van der Waals surface area contributed by atoms with Gasteiger partial charge in [-0.3, -0.25) is 24.4 Å². The zero-order chi connectivity index (χ0) is 21.6. The molecule has 160 valence electrons. The number of hydrogen-bond donors (Lipinski definition) is 0. The lowest BCUT2D eigenvalue weighted by Crippen LogP contribution is -2.51. The number of likely N-dealkylation sites (tertiary alicyclic amines) is 2. The zero-order valence-corrected chi connectivity index (χ0v) is 17.7. The van der Waals surface area contributed by atoms with Gasteiger partial charge in [-0.1, -0.05) is 13.8 Å². The van der Waals surface area contributed by atoms with Gasteiger partial charge in [-0.15, -0.1) is 16.4 Å². The number of aromatic nitrogens is 3. The number of amides is 2. The summed E-state index contributed by atoms with van der Waals surface area (Å²) in [6.07, 6.45) is 1.95. The Labute approximate surface area is 176 Å². The number of carbonyl (C=O) groups is 2. The highest BCUT2D eigenvalue weighted by molar-refractivity contribution is 7.11. The van der Waals surface area contributed by atoms with E-state index in [4.69, 9.17) is 4.74 Å². The Bertz CT molecular complexity index is 1000. The smallest absolute Gasteiger partial charge is 0.350 e. The van der Waals surface area contributed by atoms with Gasteiger partial charge in [-0.2, -0.15) is 0 Å².